The van der Waals surface area contributed by atoms with Crippen molar-refractivity contribution in [1.82, 2.24) is 5.32 Å². The predicted octanol–water partition coefficient (Wildman–Crippen LogP) is 3.40. The summed E-state index contributed by atoms with van der Waals surface area (Å²) in [6.07, 6.45) is 1.10. The smallest absolute Gasteiger partial charge is 0.121 e. The zero-order valence-corrected chi connectivity index (χ0v) is 11.7. The van der Waals surface area contributed by atoms with Crippen molar-refractivity contribution in [3.05, 3.63) is 51.7 Å². The molecule has 0 spiro atoms. The molecule has 0 aliphatic rings. The van der Waals surface area contributed by atoms with Crippen molar-refractivity contribution < 1.29 is 4.74 Å². The molecular formula is C15H19NOS. The van der Waals surface area contributed by atoms with Gasteiger partial charge in [-0.15, -0.1) is 11.3 Å². The number of hydrogen-bond donors (Lipinski definition) is 1. The van der Waals surface area contributed by atoms with Crippen LogP contribution in [0.25, 0.3) is 0 Å². The topological polar surface area (TPSA) is 21.3 Å². The molecule has 0 aliphatic heterocycles. The Morgan fingerprint density at radius 1 is 1.28 bits per heavy atom. The second kappa shape index (κ2) is 6.57. The molecule has 1 N–H and O–H groups in total. The second-order valence-corrected chi connectivity index (χ2v) is 5.34. The first kappa shape index (κ1) is 13.1. The van der Waals surface area contributed by atoms with Crippen LogP contribution in [0.4, 0.5) is 0 Å². The number of hydrogen-bond acceptors (Lipinski definition) is 3. The molecule has 0 atom stereocenters. The van der Waals surface area contributed by atoms with Crippen LogP contribution in [0.3, 0.4) is 0 Å². The monoisotopic (exact) mass is 261 g/mol. The van der Waals surface area contributed by atoms with Crippen LogP contribution in [0.5, 0.6) is 5.75 Å². The van der Waals surface area contributed by atoms with Gasteiger partial charge in [-0.2, -0.15) is 0 Å². The molecule has 1 heterocycles. The third kappa shape index (κ3) is 3.59. The molecule has 0 fully saturated rings. The standard InChI is InChI=1S/C15H19NOS/c1-12-10-13(5-6-15(12)17-2)11-16-8-7-14-4-3-9-18-14/h3-6,9-10,16H,7-8,11H2,1-2H3. The molecule has 0 saturated carbocycles. The van der Waals surface area contributed by atoms with E-state index in [4.69, 9.17) is 4.74 Å². The van der Waals surface area contributed by atoms with Gasteiger partial charge in [-0.05, 0) is 42.0 Å². The SMILES string of the molecule is COc1ccc(CNCCc2cccs2)cc1C. The highest BCUT2D eigenvalue weighted by atomic mass is 32.1. The molecular weight excluding hydrogens is 242 g/mol. The van der Waals surface area contributed by atoms with Gasteiger partial charge in [-0.3, -0.25) is 0 Å². The highest BCUT2D eigenvalue weighted by Crippen LogP contribution is 2.18. The van der Waals surface area contributed by atoms with E-state index in [1.165, 1.54) is 16.0 Å². The Bertz CT molecular complexity index is 479. The maximum absolute atomic E-state index is 5.26. The van der Waals surface area contributed by atoms with Gasteiger partial charge in [-0.25, -0.2) is 0 Å². The van der Waals surface area contributed by atoms with E-state index in [1.54, 1.807) is 7.11 Å². The minimum atomic E-state index is 0.913. The Kier molecular flexibility index (Phi) is 4.79. The Balaban J connectivity index is 1.78. The van der Waals surface area contributed by atoms with Crippen molar-refractivity contribution in [3.8, 4) is 5.75 Å². The van der Waals surface area contributed by atoms with Gasteiger partial charge in [0.1, 0.15) is 5.75 Å². The summed E-state index contributed by atoms with van der Waals surface area (Å²) >= 11 is 1.82. The third-order valence-electron chi connectivity index (χ3n) is 2.92. The highest BCUT2D eigenvalue weighted by Gasteiger charge is 2.00. The van der Waals surface area contributed by atoms with E-state index >= 15 is 0 Å². The lowest BCUT2D eigenvalue weighted by Gasteiger charge is -2.08. The average Bonchev–Trinajstić information content (AvgIpc) is 2.88. The molecule has 96 valence electrons. The summed E-state index contributed by atoms with van der Waals surface area (Å²) in [4.78, 5) is 1.44. The number of thiophene rings is 1. The van der Waals surface area contributed by atoms with Crippen LogP contribution in [-0.2, 0) is 13.0 Å². The van der Waals surface area contributed by atoms with E-state index in [0.717, 1.165) is 25.3 Å². The summed E-state index contributed by atoms with van der Waals surface area (Å²) in [6.45, 7) is 4.01. The first-order chi connectivity index (χ1) is 8.79. The Hall–Kier alpha value is -1.32. The highest BCUT2D eigenvalue weighted by molar-refractivity contribution is 7.09. The molecule has 0 radical (unpaired) electrons. The van der Waals surface area contributed by atoms with Gasteiger partial charge in [0.05, 0.1) is 7.11 Å². The van der Waals surface area contributed by atoms with Crippen LogP contribution in [-0.4, -0.2) is 13.7 Å². The first-order valence-corrected chi connectivity index (χ1v) is 7.04. The van der Waals surface area contributed by atoms with E-state index in [9.17, 15) is 0 Å². The quantitative estimate of drug-likeness (QED) is 0.805. The van der Waals surface area contributed by atoms with Crippen LogP contribution in [0, 0.1) is 6.92 Å². The van der Waals surface area contributed by atoms with Gasteiger partial charge in [0.15, 0.2) is 0 Å². The van der Waals surface area contributed by atoms with Gasteiger partial charge in [0, 0.05) is 18.0 Å². The van der Waals surface area contributed by atoms with Crippen molar-refractivity contribution >= 4 is 11.3 Å². The van der Waals surface area contributed by atoms with Crippen LogP contribution in [0.15, 0.2) is 35.7 Å². The molecule has 0 saturated heterocycles. The zero-order chi connectivity index (χ0) is 12.8. The number of methoxy groups -OCH3 is 1. The minimum Gasteiger partial charge on any atom is -0.496 e. The average molecular weight is 261 g/mol. The van der Waals surface area contributed by atoms with Gasteiger partial charge >= 0.3 is 0 Å². The van der Waals surface area contributed by atoms with E-state index < -0.39 is 0 Å². The summed E-state index contributed by atoms with van der Waals surface area (Å²) in [5.41, 5.74) is 2.49. The van der Waals surface area contributed by atoms with Gasteiger partial charge < -0.3 is 10.1 Å². The second-order valence-electron chi connectivity index (χ2n) is 4.31. The van der Waals surface area contributed by atoms with Crippen LogP contribution >= 0.6 is 11.3 Å². The largest absolute Gasteiger partial charge is 0.496 e. The minimum absolute atomic E-state index is 0.913. The van der Waals surface area contributed by atoms with Crippen molar-refractivity contribution in [2.45, 2.75) is 19.9 Å². The van der Waals surface area contributed by atoms with E-state index in [-0.39, 0.29) is 0 Å². The number of aryl methyl sites for hydroxylation is 1. The molecule has 0 amide bonds. The van der Waals surface area contributed by atoms with Crippen molar-refractivity contribution in [1.29, 1.82) is 0 Å². The summed E-state index contributed by atoms with van der Waals surface area (Å²) in [7, 11) is 1.71. The number of ether oxygens (including phenoxy) is 1. The maximum atomic E-state index is 5.26. The number of nitrogens with one attached hydrogen (secondary N) is 1. The molecule has 0 bridgehead atoms. The number of rotatable bonds is 6. The fourth-order valence-corrected chi connectivity index (χ4v) is 2.66. The van der Waals surface area contributed by atoms with Crippen molar-refractivity contribution in [2.24, 2.45) is 0 Å². The number of benzene rings is 1. The molecule has 1 aromatic carbocycles. The molecule has 1 aromatic heterocycles. The summed E-state index contributed by atoms with van der Waals surface area (Å²) in [5.74, 6) is 0.956. The third-order valence-corrected chi connectivity index (χ3v) is 3.85. The lowest BCUT2D eigenvalue weighted by molar-refractivity contribution is 0.411. The van der Waals surface area contributed by atoms with Crippen LogP contribution in [0.2, 0.25) is 0 Å². The summed E-state index contributed by atoms with van der Waals surface area (Å²) < 4.78 is 5.26. The normalized spacial score (nSPS) is 10.6. The lowest BCUT2D eigenvalue weighted by Crippen LogP contribution is -2.16. The molecule has 0 aliphatic carbocycles. The molecule has 2 rings (SSSR count). The van der Waals surface area contributed by atoms with Gasteiger partial charge in [-0.1, -0.05) is 18.2 Å². The molecule has 2 aromatic rings. The van der Waals surface area contributed by atoms with E-state index in [1.807, 2.05) is 17.4 Å². The molecule has 0 unspecified atom stereocenters. The maximum Gasteiger partial charge on any atom is 0.121 e. The predicted molar refractivity (Wildman–Crippen MR) is 77.5 cm³/mol. The fourth-order valence-electron chi connectivity index (χ4n) is 1.95. The molecule has 3 heteroatoms. The van der Waals surface area contributed by atoms with Crippen LogP contribution in [0.1, 0.15) is 16.0 Å². The van der Waals surface area contributed by atoms with Gasteiger partial charge in [0.25, 0.3) is 0 Å². The summed E-state index contributed by atoms with van der Waals surface area (Å²) in [5, 5.41) is 5.60. The fraction of sp³-hybridized carbons (Fsp3) is 0.333. The van der Waals surface area contributed by atoms with Gasteiger partial charge in [0.2, 0.25) is 0 Å². The Morgan fingerprint density at radius 2 is 2.17 bits per heavy atom. The van der Waals surface area contributed by atoms with Crippen molar-refractivity contribution in [2.75, 3.05) is 13.7 Å². The summed E-state index contributed by atoms with van der Waals surface area (Å²) in [6, 6.07) is 10.6. The zero-order valence-electron chi connectivity index (χ0n) is 10.9. The molecule has 18 heavy (non-hydrogen) atoms. The van der Waals surface area contributed by atoms with Crippen molar-refractivity contribution in [3.63, 3.8) is 0 Å². The Labute approximate surface area is 113 Å². The molecule has 2 nitrogen and oxygen atoms in total. The first-order valence-electron chi connectivity index (χ1n) is 6.16. The van der Waals surface area contributed by atoms with E-state index in [2.05, 4.69) is 41.9 Å². The lowest BCUT2D eigenvalue weighted by atomic mass is 10.1. The Morgan fingerprint density at radius 3 is 2.83 bits per heavy atom. The van der Waals surface area contributed by atoms with E-state index in [0.29, 0.717) is 0 Å². The van der Waals surface area contributed by atoms with Crippen LogP contribution < -0.4 is 10.1 Å².